The minimum Gasteiger partial charge on any atom is -0.379 e. The van der Waals surface area contributed by atoms with Crippen LogP contribution in [0.3, 0.4) is 0 Å². The van der Waals surface area contributed by atoms with Crippen LogP contribution in [-0.4, -0.2) is 28.0 Å². The largest absolute Gasteiger partial charge is 0.379 e. The lowest BCUT2D eigenvalue weighted by Crippen LogP contribution is -2.45. The van der Waals surface area contributed by atoms with E-state index in [1.807, 2.05) is 11.7 Å². The molecule has 1 aliphatic carbocycles. The van der Waals surface area contributed by atoms with Gasteiger partial charge in [0.2, 0.25) is 0 Å². The lowest BCUT2D eigenvalue weighted by molar-refractivity contribution is -0.103. The van der Waals surface area contributed by atoms with Crippen molar-refractivity contribution in [2.75, 3.05) is 11.9 Å². The topological polar surface area (TPSA) is 39.1 Å². The van der Waals surface area contributed by atoms with E-state index in [9.17, 15) is 0 Å². The van der Waals surface area contributed by atoms with Crippen LogP contribution in [-0.2, 0) is 11.8 Å². The van der Waals surface area contributed by atoms with E-state index >= 15 is 0 Å². The van der Waals surface area contributed by atoms with Crippen molar-refractivity contribution in [3.8, 4) is 0 Å². The number of aromatic nitrogens is 2. The summed E-state index contributed by atoms with van der Waals surface area (Å²) in [4.78, 5) is 0. The molecule has 106 valence electrons. The molecule has 1 spiro atoms. The average molecular weight is 263 g/mol. The van der Waals surface area contributed by atoms with Gasteiger partial charge in [-0.2, -0.15) is 5.10 Å². The van der Waals surface area contributed by atoms with E-state index in [2.05, 4.69) is 23.5 Å². The van der Waals surface area contributed by atoms with Crippen molar-refractivity contribution in [3.05, 3.63) is 11.9 Å². The first-order chi connectivity index (χ1) is 9.17. The Labute approximate surface area is 115 Å². The fourth-order valence-electron chi connectivity index (χ4n) is 3.66. The van der Waals surface area contributed by atoms with Crippen molar-refractivity contribution in [1.82, 2.24) is 9.78 Å². The predicted molar refractivity (Wildman–Crippen MR) is 76.4 cm³/mol. The minimum absolute atomic E-state index is 0.171. The summed E-state index contributed by atoms with van der Waals surface area (Å²) >= 11 is 0. The summed E-state index contributed by atoms with van der Waals surface area (Å²) in [5.41, 5.74) is 2.44. The number of ether oxygens (including phenoxy) is 1. The van der Waals surface area contributed by atoms with Crippen LogP contribution >= 0.6 is 0 Å². The number of anilines is 1. The summed E-state index contributed by atoms with van der Waals surface area (Å²) in [7, 11) is 1.98. The first kappa shape index (κ1) is 13.0. The van der Waals surface area contributed by atoms with Crippen LogP contribution in [0.5, 0.6) is 0 Å². The second-order valence-corrected chi connectivity index (χ2v) is 6.23. The highest BCUT2D eigenvalue weighted by Gasteiger charge is 2.38. The summed E-state index contributed by atoms with van der Waals surface area (Å²) in [6, 6.07) is 0.537. The number of nitrogens with zero attached hydrogens (tertiary/aromatic N) is 2. The molecular weight excluding hydrogens is 238 g/mol. The Hall–Kier alpha value is -1.03. The lowest BCUT2D eigenvalue weighted by Gasteiger charge is -2.43. The van der Waals surface area contributed by atoms with Gasteiger partial charge in [-0.05, 0) is 32.6 Å². The summed E-state index contributed by atoms with van der Waals surface area (Å²) in [5, 5.41) is 8.08. The van der Waals surface area contributed by atoms with Crippen LogP contribution in [0.15, 0.2) is 6.20 Å². The van der Waals surface area contributed by atoms with E-state index in [-0.39, 0.29) is 5.60 Å². The van der Waals surface area contributed by atoms with Crippen molar-refractivity contribution in [2.45, 2.75) is 63.5 Å². The van der Waals surface area contributed by atoms with Crippen molar-refractivity contribution in [1.29, 1.82) is 0 Å². The third kappa shape index (κ3) is 2.78. The molecule has 3 rings (SSSR count). The fraction of sp³-hybridized carbons (Fsp3) is 0.800. The zero-order chi connectivity index (χ0) is 13.3. The standard InChI is InChI=1S/C15H25N3O/c1-12-14(11-18(2)17-12)16-13-6-9-19-15(10-13)7-4-3-5-8-15/h11,13,16H,3-10H2,1-2H3. The molecule has 19 heavy (non-hydrogen) atoms. The zero-order valence-corrected chi connectivity index (χ0v) is 12.1. The molecule has 1 aromatic rings. The van der Waals surface area contributed by atoms with Gasteiger partial charge < -0.3 is 10.1 Å². The molecule has 1 N–H and O–H groups in total. The molecule has 0 aromatic carbocycles. The van der Waals surface area contributed by atoms with Gasteiger partial charge in [-0.25, -0.2) is 0 Å². The molecule has 1 saturated carbocycles. The minimum atomic E-state index is 0.171. The van der Waals surface area contributed by atoms with Crippen molar-refractivity contribution in [3.63, 3.8) is 0 Å². The highest BCUT2D eigenvalue weighted by Crippen LogP contribution is 2.39. The molecule has 2 fully saturated rings. The zero-order valence-electron chi connectivity index (χ0n) is 12.1. The van der Waals surface area contributed by atoms with Crippen LogP contribution in [0.4, 0.5) is 5.69 Å². The fourth-order valence-corrected chi connectivity index (χ4v) is 3.66. The SMILES string of the molecule is Cc1nn(C)cc1NC1CCOC2(CCCCC2)C1. The molecule has 1 atom stereocenters. The molecule has 0 amide bonds. The Morgan fingerprint density at radius 2 is 2.16 bits per heavy atom. The Kier molecular flexibility index (Phi) is 3.52. The number of hydrogen-bond donors (Lipinski definition) is 1. The Bertz CT molecular complexity index is 429. The Morgan fingerprint density at radius 1 is 1.37 bits per heavy atom. The maximum absolute atomic E-state index is 6.15. The first-order valence-corrected chi connectivity index (χ1v) is 7.58. The maximum atomic E-state index is 6.15. The van der Waals surface area contributed by atoms with E-state index in [4.69, 9.17) is 4.74 Å². The maximum Gasteiger partial charge on any atom is 0.0825 e. The number of nitrogens with one attached hydrogen (secondary N) is 1. The van der Waals surface area contributed by atoms with Gasteiger partial charge in [0.05, 0.1) is 17.0 Å². The van der Waals surface area contributed by atoms with Gasteiger partial charge in [-0.15, -0.1) is 0 Å². The van der Waals surface area contributed by atoms with E-state index in [1.54, 1.807) is 0 Å². The third-order valence-electron chi connectivity index (χ3n) is 4.63. The molecule has 1 saturated heterocycles. The quantitative estimate of drug-likeness (QED) is 0.891. The smallest absolute Gasteiger partial charge is 0.0825 e. The Balaban J connectivity index is 1.66. The van der Waals surface area contributed by atoms with Gasteiger partial charge >= 0.3 is 0 Å². The predicted octanol–water partition coefficient (Wildman–Crippen LogP) is 3.02. The van der Waals surface area contributed by atoms with Gasteiger partial charge in [-0.3, -0.25) is 4.68 Å². The first-order valence-electron chi connectivity index (χ1n) is 7.58. The molecule has 1 aliphatic heterocycles. The second kappa shape index (κ2) is 5.16. The summed E-state index contributed by atoms with van der Waals surface area (Å²) in [6.45, 7) is 2.97. The summed E-state index contributed by atoms with van der Waals surface area (Å²) in [5.74, 6) is 0. The normalized spacial score (nSPS) is 26.5. The van der Waals surface area contributed by atoms with E-state index < -0.39 is 0 Å². The molecule has 1 aromatic heterocycles. The summed E-state index contributed by atoms with van der Waals surface area (Å²) < 4.78 is 8.03. The monoisotopic (exact) mass is 263 g/mol. The van der Waals surface area contributed by atoms with Crippen molar-refractivity contribution in [2.24, 2.45) is 7.05 Å². The van der Waals surface area contributed by atoms with Gasteiger partial charge in [0.15, 0.2) is 0 Å². The van der Waals surface area contributed by atoms with Crippen LogP contribution in [0, 0.1) is 6.92 Å². The highest BCUT2D eigenvalue weighted by atomic mass is 16.5. The Morgan fingerprint density at radius 3 is 2.84 bits per heavy atom. The molecule has 0 bridgehead atoms. The van der Waals surface area contributed by atoms with Crippen molar-refractivity contribution >= 4 is 5.69 Å². The van der Waals surface area contributed by atoms with Gasteiger partial charge in [0.1, 0.15) is 0 Å². The van der Waals surface area contributed by atoms with Crippen LogP contribution in [0.1, 0.15) is 50.6 Å². The molecule has 2 aliphatic rings. The van der Waals surface area contributed by atoms with Gasteiger partial charge in [0, 0.05) is 25.9 Å². The number of rotatable bonds is 2. The number of aryl methyl sites for hydroxylation is 2. The summed E-state index contributed by atoms with van der Waals surface area (Å²) in [6.07, 6.45) is 10.9. The molecular formula is C15H25N3O. The number of hydrogen-bond acceptors (Lipinski definition) is 3. The van der Waals surface area contributed by atoms with Gasteiger partial charge in [-0.1, -0.05) is 19.3 Å². The second-order valence-electron chi connectivity index (χ2n) is 6.23. The molecule has 1 unspecified atom stereocenters. The highest BCUT2D eigenvalue weighted by molar-refractivity contribution is 5.46. The average Bonchev–Trinajstić information content (AvgIpc) is 2.69. The van der Waals surface area contributed by atoms with Crippen LogP contribution < -0.4 is 5.32 Å². The van der Waals surface area contributed by atoms with E-state index in [0.717, 1.165) is 25.1 Å². The van der Waals surface area contributed by atoms with Crippen LogP contribution in [0.2, 0.25) is 0 Å². The van der Waals surface area contributed by atoms with Crippen LogP contribution in [0.25, 0.3) is 0 Å². The van der Waals surface area contributed by atoms with Gasteiger partial charge in [0.25, 0.3) is 0 Å². The lowest BCUT2D eigenvalue weighted by atomic mass is 9.78. The van der Waals surface area contributed by atoms with E-state index in [0.29, 0.717) is 6.04 Å². The molecule has 4 nitrogen and oxygen atoms in total. The van der Waals surface area contributed by atoms with Crippen molar-refractivity contribution < 1.29 is 4.74 Å². The molecule has 2 heterocycles. The third-order valence-corrected chi connectivity index (χ3v) is 4.63. The molecule has 4 heteroatoms. The van der Waals surface area contributed by atoms with E-state index in [1.165, 1.54) is 37.8 Å². The molecule has 0 radical (unpaired) electrons.